The van der Waals surface area contributed by atoms with E-state index in [2.05, 4.69) is 59.0 Å². The van der Waals surface area contributed by atoms with Gasteiger partial charge in [-0.2, -0.15) is 0 Å². The van der Waals surface area contributed by atoms with E-state index in [1.807, 2.05) is 29.7 Å². The monoisotopic (exact) mass is 310 g/mol. The van der Waals surface area contributed by atoms with E-state index >= 15 is 0 Å². The summed E-state index contributed by atoms with van der Waals surface area (Å²) in [7, 11) is 2.00. The third-order valence-electron chi connectivity index (χ3n) is 2.39. The molecule has 0 radical (unpaired) electrons. The molecule has 2 rings (SSSR count). The molecule has 0 N–H and O–H groups in total. The van der Waals surface area contributed by atoms with E-state index in [4.69, 9.17) is 0 Å². The molecule has 0 aliphatic heterocycles. The van der Waals surface area contributed by atoms with Crippen LogP contribution in [0.3, 0.4) is 0 Å². The first kappa shape index (κ1) is 12.7. The van der Waals surface area contributed by atoms with Crippen molar-refractivity contribution in [2.45, 2.75) is 24.0 Å². The van der Waals surface area contributed by atoms with Gasteiger partial charge in [-0.3, -0.25) is 0 Å². The number of benzene rings is 1. The quantitative estimate of drug-likeness (QED) is 0.784. The van der Waals surface area contributed by atoms with E-state index in [1.165, 1.54) is 10.5 Å². The number of aromatic nitrogens is 2. The van der Waals surface area contributed by atoms with Crippen molar-refractivity contribution in [2.24, 2.45) is 7.05 Å². The Bertz CT molecular complexity index is 483. The first-order valence-electron chi connectivity index (χ1n) is 5.52. The van der Waals surface area contributed by atoms with Crippen LogP contribution in [-0.2, 0) is 7.05 Å². The number of hydrogen-bond donors (Lipinski definition) is 0. The molecule has 0 saturated carbocycles. The Morgan fingerprint density at radius 3 is 2.35 bits per heavy atom. The molecule has 17 heavy (non-hydrogen) atoms. The highest BCUT2D eigenvalue weighted by Crippen LogP contribution is 2.29. The minimum absolute atomic E-state index is 0.615. The lowest BCUT2D eigenvalue weighted by Crippen LogP contribution is -1.90. The van der Waals surface area contributed by atoms with Gasteiger partial charge in [-0.25, -0.2) is 4.98 Å². The van der Waals surface area contributed by atoms with Gasteiger partial charge >= 0.3 is 0 Å². The fraction of sp³-hybridized carbons (Fsp3) is 0.308. The summed E-state index contributed by atoms with van der Waals surface area (Å²) in [6, 6.07) is 8.62. The van der Waals surface area contributed by atoms with Crippen LogP contribution in [0, 0.1) is 0 Å². The highest BCUT2D eigenvalue weighted by Gasteiger charge is 2.08. The fourth-order valence-electron chi connectivity index (χ4n) is 1.69. The SMILES string of the molecule is CC(C)Sc1ccc(-c2c(Br)ncn2C)cc1. The molecule has 0 amide bonds. The number of halogens is 1. The van der Waals surface area contributed by atoms with Gasteiger partial charge in [0.15, 0.2) is 0 Å². The number of hydrogen-bond acceptors (Lipinski definition) is 2. The Kier molecular flexibility index (Phi) is 3.94. The number of nitrogens with zero attached hydrogens (tertiary/aromatic N) is 2. The van der Waals surface area contributed by atoms with Crippen LogP contribution in [0.4, 0.5) is 0 Å². The second-order valence-corrected chi connectivity index (χ2v) is 6.59. The van der Waals surface area contributed by atoms with Crippen molar-refractivity contribution in [2.75, 3.05) is 0 Å². The van der Waals surface area contributed by atoms with Gasteiger partial charge in [-0.1, -0.05) is 26.0 Å². The zero-order chi connectivity index (χ0) is 12.4. The molecule has 1 aromatic carbocycles. The van der Waals surface area contributed by atoms with Crippen molar-refractivity contribution in [1.82, 2.24) is 9.55 Å². The van der Waals surface area contributed by atoms with E-state index in [-0.39, 0.29) is 0 Å². The van der Waals surface area contributed by atoms with E-state index in [1.54, 1.807) is 0 Å². The van der Waals surface area contributed by atoms with Gasteiger partial charge in [0.2, 0.25) is 0 Å². The van der Waals surface area contributed by atoms with Crippen molar-refractivity contribution in [3.63, 3.8) is 0 Å². The van der Waals surface area contributed by atoms with Crippen LogP contribution >= 0.6 is 27.7 Å². The molecule has 1 aromatic heterocycles. The number of thioether (sulfide) groups is 1. The number of rotatable bonds is 3. The van der Waals surface area contributed by atoms with Crippen LogP contribution in [0.25, 0.3) is 11.3 Å². The summed E-state index contributed by atoms with van der Waals surface area (Å²) in [6.07, 6.45) is 1.82. The van der Waals surface area contributed by atoms with E-state index < -0.39 is 0 Å². The largest absolute Gasteiger partial charge is 0.333 e. The lowest BCUT2D eigenvalue weighted by atomic mass is 10.2. The standard InChI is InChI=1S/C13H15BrN2S/c1-9(2)17-11-6-4-10(5-7-11)12-13(14)15-8-16(12)3/h4-9H,1-3H3. The molecule has 90 valence electrons. The zero-order valence-electron chi connectivity index (χ0n) is 10.1. The van der Waals surface area contributed by atoms with Crippen LogP contribution < -0.4 is 0 Å². The van der Waals surface area contributed by atoms with Crippen LogP contribution in [0.1, 0.15) is 13.8 Å². The van der Waals surface area contributed by atoms with Gasteiger partial charge in [0.1, 0.15) is 4.60 Å². The minimum atomic E-state index is 0.615. The summed E-state index contributed by atoms with van der Waals surface area (Å²) in [6.45, 7) is 4.41. The number of imidazole rings is 1. The van der Waals surface area contributed by atoms with Crippen LogP contribution in [0.5, 0.6) is 0 Å². The molecule has 1 heterocycles. The van der Waals surface area contributed by atoms with Gasteiger partial charge < -0.3 is 4.57 Å². The molecule has 0 fully saturated rings. The van der Waals surface area contributed by atoms with Gasteiger partial charge in [-0.15, -0.1) is 11.8 Å². The molecule has 0 saturated heterocycles. The van der Waals surface area contributed by atoms with E-state index in [0.717, 1.165) is 10.3 Å². The Labute approximate surface area is 115 Å². The first-order valence-corrected chi connectivity index (χ1v) is 7.19. The van der Waals surface area contributed by atoms with Crippen LogP contribution in [0.2, 0.25) is 0 Å². The molecule has 4 heteroatoms. The third kappa shape index (κ3) is 2.93. The molecule has 0 atom stereocenters. The summed E-state index contributed by atoms with van der Waals surface area (Å²) in [5, 5.41) is 0.615. The Balaban J connectivity index is 2.30. The Hall–Kier alpha value is -0.740. The normalized spacial score (nSPS) is 11.1. The maximum absolute atomic E-state index is 4.24. The molecule has 0 bridgehead atoms. The van der Waals surface area contributed by atoms with Crippen molar-refractivity contribution in [3.05, 3.63) is 35.2 Å². The molecule has 0 spiro atoms. The minimum Gasteiger partial charge on any atom is -0.333 e. The summed E-state index contributed by atoms with van der Waals surface area (Å²) >= 11 is 5.35. The topological polar surface area (TPSA) is 17.8 Å². The van der Waals surface area contributed by atoms with Gasteiger partial charge in [-0.05, 0) is 28.1 Å². The predicted molar refractivity (Wildman–Crippen MR) is 77.3 cm³/mol. The zero-order valence-corrected chi connectivity index (χ0v) is 12.5. The van der Waals surface area contributed by atoms with Crippen molar-refractivity contribution in [3.8, 4) is 11.3 Å². The van der Waals surface area contributed by atoms with E-state index in [9.17, 15) is 0 Å². The van der Waals surface area contributed by atoms with Crippen LogP contribution in [-0.4, -0.2) is 14.8 Å². The molecule has 0 aliphatic carbocycles. The van der Waals surface area contributed by atoms with Gasteiger partial charge in [0.05, 0.1) is 12.0 Å². The van der Waals surface area contributed by atoms with Crippen molar-refractivity contribution < 1.29 is 0 Å². The highest BCUT2D eigenvalue weighted by atomic mass is 79.9. The molecule has 2 aromatic rings. The summed E-state index contributed by atoms with van der Waals surface area (Å²) in [5.41, 5.74) is 2.30. The average molecular weight is 311 g/mol. The van der Waals surface area contributed by atoms with Crippen molar-refractivity contribution >= 4 is 27.7 Å². The molecule has 0 aliphatic rings. The molecule has 2 nitrogen and oxygen atoms in total. The lowest BCUT2D eigenvalue weighted by Gasteiger charge is -2.07. The van der Waals surface area contributed by atoms with Gasteiger partial charge in [0.25, 0.3) is 0 Å². The summed E-state index contributed by atoms with van der Waals surface area (Å²) in [4.78, 5) is 5.55. The van der Waals surface area contributed by atoms with Crippen LogP contribution in [0.15, 0.2) is 40.1 Å². The second-order valence-electron chi connectivity index (χ2n) is 4.19. The summed E-state index contributed by atoms with van der Waals surface area (Å²) in [5.74, 6) is 0. The first-order chi connectivity index (χ1) is 8.08. The third-order valence-corrected chi connectivity index (χ3v) is 3.99. The molecule has 0 unspecified atom stereocenters. The highest BCUT2D eigenvalue weighted by molar-refractivity contribution is 9.10. The maximum Gasteiger partial charge on any atom is 0.132 e. The lowest BCUT2D eigenvalue weighted by molar-refractivity contribution is 0.921. The van der Waals surface area contributed by atoms with E-state index in [0.29, 0.717) is 5.25 Å². The average Bonchev–Trinajstić information content (AvgIpc) is 2.59. The molecular formula is C13H15BrN2S. The second kappa shape index (κ2) is 5.27. The maximum atomic E-state index is 4.24. The number of aryl methyl sites for hydroxylation is 1. The Morgan fingerprint density at radius 1 is 1.24 bits per heavy atom. The fourth-order valence-corrected chi connectivity index (χ4v) is 3.13. The smallest absolute Gasteiger partial charge is 0.132 e. The Morgan fingerprint density at radius 2 is 1.88 bits per heavy atom. The van der Waals surface area contributed by atoms with Gasteiger partial charge in [0, 0.05) is 22.8 Å². The summed E-state index contributed by atoms with van der Waals surface area (Å²) < 4.78 is 2.92. The predicted octanol–water partition coefficient (Wildman–Crippen LogP) is 4.35. The molecular weight excluding hydrogens is 296 g/mol. The van der Waals surface area contributed by atoms with Crippen molar-refractivity contribution in [1.29, 1.82) is 0 Å².